The Morgan fingerprint density at radius 1 is 0.970 bits per heavy atom. The minimum atomic E-state index is -1.54. The second kappa shape index (κ2) is 14.4. The van der Waals surface area contributed by atoms with Crippen molar-refractivity contribution < 1.29 is 44.0 Å². The van der Waals surface area contributed by atoms with Gasteiger partial charge in [0.05, 0.1) is 12.1 Å². The Kier molecular flexibility index (Phi) is 11.9. The number of hydrogen-bond donors (Lipinski definition) is 5. The van der Waals surface area contributed by atoms with E-state index in [0.29, 0.717) is 18.2 Å². The molecule has 5 N–H and O–H groups in total. The molecule has 0 aliphatic carbocycles. The van der Waals surface area contributed by atoms with Crippen LogP contribution in [0.15, 0.2) is 36.1 Å². The summed E-state index contributed by atoms with van der Waals surface area (Å²) in [6.07, 6.45) is 3.13. The SMILES string of the molecule is CCCCCNC(=O)C(Cc1ccc(OC(=CC(=O)O)C(=O)O)cc1)NCCC(=O)C(=O)O. The molecule has 0 aromatic heterocycles. The van der Waals surface area contributed by atoms with Crippen molar-refractivity contribution in [2.45, 2.75) is 45.1 Å². The fraction of sp³-hybridized carbons (Fsp3) is 0.409. The summed E-state index contributed by atoms with van der Waals surface area (Å²) in [6, 6.07) is 5.28. The number of carboxylic acids is 3. The third-order valence-electron chi connectivity index (χ3n) is 4.43. The Bertz CT molecular complexity index is 878. The van der Waals surface area contributed by atoms with Crippen molar-refractivity contribution in [3.63, 3.8) is 0 Å². The number of carbonyl (C=O) groups excluding carboxylic acids is 2. The summed E-state index contributed by atoms with van der Waals surface area (Å²) in [5.74, 6) is -6.48. The number of amides is 1. The van der Waals surface area contributed by atoms with E-state index in [1.54, 1.807) is 12.1 Å². The highest BCUT2D eigenvalue weighted by molar-refractivity contribution is 6.32. The number of rotatable bonds is 16. The molecule has 1 aromatic rings. The van der Waals surface area contributed by atoms with Crippen molar-refractivity contribution in [3.8, 4) is 5.75 Å². The highest BCUT2D eigenvalue weighted by atomic mass is 16.5. The van der Waals surface area contributed by atoms with E-state index in [-0.39, 0.29) is 31.0 Å². The molecule has 33 heavy (non-hydrogen) atoms. The van der Waals surface area contributed by atoms with Crippen LogP contribution in [0.1, 0.15) is 38.2 Å². The van der Waals surface area contributed by atoms with Crippen LogP contribution in [0.3, 0.4) is 0 Å². The molecule has 0 aliphatic rings. The number of hydrogen-bond acceptors (Lipinski definition) is 7. The van der Waals surface area contributed by atoms with Gasteiger partial charge in [-0.1, -0.05) is 31.9 Å². The van der Waals surface area contributed by atoms with E-state index in [9.17, 15) is 24.0 Å². The van der Waals surface area contributed by atoms with Crippen molar-refractivity contribution in [2.24, 2.45) is 0 Å². The van der Waals surface area contributed by atoms with Crippen molar-refractivity contribution in [1.29, 1.82) is 0 Å². The maximum Gasteiger partial charge on any atom is 0.372 e. The maximum atomic E-state index is 12.6. The number of Topliss-reactive ketones (excluding diaryl/α,β-unsaturated/α-hetero) is 1. The van der Waals surface area contributed by atoms with Gasteiger partial charge in [-0.2, -0.15) is 0 Å². The van der Waals surface area contributed by atoms with Crippen molar-refractivity contribution in [1.82, 2.24) is 10.6 Å². The highest BCUT2D eigenvalue weighted by Gasteiger charge is 2.20. The lowest BCUT2D eigenvalue weighted by Gasteiger charge is -2.18. The van der Waals surface area contributed by atoms with Crippen LogP contribution in [0.5, 0.6) is 5.75 Å². The maximum absolute atomic E-state index is 12.6. The average Bonchev–Trinajstić information content (AvgIpc) is 2.76. The Hall–Kier alpha value is -3.73. The molecule has 1 atom stereocenters. The van der Waals surface area contributed by atoms with Gasteiger partial charge in [-0.25, -0.2) is 14.4 Å². The molecule has 1 aromatic carbocycles. The molecule has 0 spiro atoms. The molecule has 0 bridgehead atoms. The van der Waals surface area contributed by atoms with Crippen LogP contribution >= 0.6 is 0 Å². The van der Waals surface area contributed by atoms with Gasteiger partial charge in [0.15, 0.2) is 0 Å². The molecule has 0 saturated carbocycles. The second-order valence-corrected chi connectivity index (χ2v) is 7.09. The summed E-state index contributed by atoms with van der Waals surface area (Å²) in [4.78, 5) is 56.3. The average molecular weight is 464 g/mol. The monoisotopic (exact) mass is 464 g/mol. The summed E-state index contributed by atoms with van der Waals surface area (Å²) in [5, 5.41) is 32.1. The van der Waals surface area contributed by atoms with Gasteiger partial charge in [-0.3, -0.25) is 9.59 Å². The Balaban J connectivity index is 2.84. The molecule has 0 radical (unpaired) electrons. The van der Waals surface area contributed by atoms with Gasteiger partial charge in [0.1, 0.15) is 5.75 Å². The van der Waals surface area contributed by atoms with Crippen LogP contribution in [0.4, 0.5) is 0 Å². The van der Waals surface area contributed by atoms with E-state index < -0.39 is 35.5 Å². The molecule has 0 fully saturated rings. The minimum Gasteiger partial charge on any atom is -0.478 e. The molecular weight excluding hydrogens is 436 g/mol. The van der Waals surface area contributed by atoms with E-state index in [2.05, 4.69) is 10.6 Å². The molecule has 1 unspecified atom stereocenters. The number of benzene rings is 1. The molecule has 0 saturated heterocycles. The summed E-state index contributed by atoms with van der Waals surface area (Å²) in [5.41, 5.74) is 0.673. The van der Waals surface area contributed by atoms with Gasteiger partial charge in [-0.15, -0.1) is 0 Å². The van der Waals surface area contributed by atoms with Gasteiger partial charge < -0.3 is 30.7 Å². The molecule has 11 nitrogen and oxygen atoms in total. The Morgan fingerprint density at radius 3 is 2.18 bits per heavy atom. The number of ether oxygens (including phenoxy) is 1. The molecular formula is C22H28N2O9. The molecule has 1 amide bonds. The van der Waals surface area contributed by atoms with Crippen molar-refractivity contribution in [2.75, 3.05) is 13.1 Å². The molecule has 0 heterocycles. The summed E-state index contributed by atoms with van der Waals surface area (Å²) < 4.78 is 5.08. The van der Waals surface area contributed by atoms with Crippen LogP contribution in [0.25, 0.3) is 0 Å². The molecule has 11 heteroatoms. The number of aliphatic carboxylic acids is 3. The van der Waals surface area contributed by atoms with Gasteiger partial charge in [0.25, 0.3) is 0 Å². The number of unbranched alkanes of at least 4 members (excludes halogenated alkanes) is 2. The summed E-state index contributed by atoms with van der Waals surface area (Å²) in [6.45, 7) is 2.52. The largest absolute Gasteiger partial charge is 0.478 e. The van der Waals surface area contributed by atoms with E-state index in [1.165, 1.54) is 12.1 Å². The van der Waals surface area contributed by atoms with E-state index in [0.717, 1.165) is 19.3 Å². The van der Waals surface area contributed by atoms with Crippen molar-refractivity contribution in [3.05, 3.63) is 41.7 Å². The fourth-order valence-electron chi connectivity index (χ4n) is 2.74. The van der Waals surface area contributed by atoms with E-state index in [1.807, 2.05) is 6.92 Å². The summed E-state index contributed by atoms with van der Waals surface area (Å²) >= 11 is 0. The van der Waals surface area contributed by atoms with E-state index in [4.69, 9.17) is 20.1 Å². The quantitative estimate of drug-likeness (QED) is 0.102. The Morgan fingerprint density at radius 2 is 1.64 bits per heavy atom. The highest BCUT2D eigenvalue weighted by Crippen LogP contribution is 2.17. The van der Waals surface area contributed by atoms with Gasteiger partial charge in [0.2, 0.25) is 17.4 Å². The van der Waals surface area contributed by atoms with Crippen LogP contribution in [-0.4, -0.2) is 64.0 Å². The zero-order valence-corrected chi connectivity index (χ0v) is 18.2. The molecule has 1 rings (SSSR count). The molecule has 180 valence electrons. The normalized spacial score (nSPS) is 12.0. The first-order valence-corrected chi connectivity index (χ1v) is 10.4. The standard InChI is InChI=1S/C22H28N2O9/c1-2-3-4-10-24-20(28)16(23-11-9-17(25)21(29)30)12-14-5-7-15(8-6-14)33-18(22(31)32)13-19(26)27/h5-8,13,16,23H,2-4,9-12H2,1H3,(H,24,28)(H,26,27)(H,29,30)(H,31,32). The lowest BCUT2D eigenvalue weighted by Crippen LogP contribution is -2.46. The minimum absolute atomic E-state index is 0.00132. The molecule has 0 aliphatic heterocycles. The smallest absolute Gasteiger partial charge is 0.372 e. The lowest BCUT2D eigenvalue weighted by atomic mass is 10.0. The predicted octanol–water partition coefficient (Wildman–Crippen LogP) is 0.969. The second-order valence-electron chi connectivity index (χ2n) is 7.09. The van der Waals surface area contributed by atoms with Crippen LogP contribution < -0.4 is 15.4 Å². The lowest BCUT2D eigenvalue weighted by molar-refractivity contribution is -0.149. The van der Waals surface area contributed by atoms with Gasteiger partial charge in [-0.05, 0) is 30.5 Å². The first-order chi connectivity index (χ1) is 15.6. The van der Waals surface area contributed by atoms with E-state index >= 15 is 0 Å². The fourth-order valence-corrected chi connectivity index (χ4v) is 2.74. The number of carboxylic acid groups (broad SMARTS) is 3. The predicted molar refractivity (Wildman–Crippen MR) is 116 cm³/mol. The van der Waals surface area contributed by atoms with Crippen LogP contribution in [0, 0.1) is 0 Å². The van der Waals surface area contributed by atoms with Gasteiger partial charge in [0, 0.05) is 19.5 Å². The third-order valence-corrected chi connectivity index (χ3v) is 4.43. The van der Waals surface area contributed by atoms with Gasteiger partial charge >= 0.3 is 17.9 Å². The number of ketones is 1. The third kappa shape index (κ3) is 10.9. The first kappa shape index (κ1) is 27.3. The van der Waals surface area contributed by atoms with Crippen LogP contribution in [-0.2, 0) is 30.4 Å². The van der Waals surface area contributed by atoms with Crippen molar-refractivity contribution >= 4 is 29.6 Å². The number of nitrogens with one attached hydrogen (secondary N) is 2. The van der Waals surface area contributed by atoms with Crippen LogP contribution in [0.2, 0.25) is 0 Å². The Labute approximate surface area is 190 Å². The number of carbonyl (C=O) groups is 5. The summed E-state index contributed by atoms with van der Waals surface area (Å²) in [7, 11) is 0. The topological polar surface area (TPSA) is 179 Å². The zero-order valence-electron chi connectivity index (χ0n) is 18.2. The first-order valence-electron chi connectivity index (χ1n) is 10.4. The zero-order chi connectivity index (χ0) is 24.8.